The standard InChI is InChI=1S/C17H19FN4O/c1-2-9-4-3-5-19-8-13-15-14-11(17(23)22-21-13)6-10(18)7-12(14)20-16(9)15/h6-7,9,19-20H,2-5,8H2,1H3,(H,22,23)/t9-/m1/s1. The second kappa shape index (κ2) is 5.45. The van der Waals surface area contributed by atoms with Gasteiger partial charge in [-0.2, -0.15) is 5.10 Å². The van der Waals surface area contributed by atoms with Crippen LogP contribution in [-0.4, -0.2) is 29.7 Å². The molecule has 0 unspecified atom stereocenters. The fourth-order valence-electron chi connectivity index (χ4n) is 3.70. The zero-order valence-corrected chi connectivity index (χ0v) is 13.0. The third kappa shape index (κ3) is 2.25. The number of aromatic nitrogens is 1. The lowest BCUT2D eigenvalue weighted by Crippen LogP contribution is -2.26. The van der Waals surface area contributed by atoms with Crippen LogP contribution in [0.2, 0.25) is 0 Å². The highest BCUT2D eigenvalue weighted by atomic mass is 19.1. The van der Waals surface area contributed by atoms with Gasteiger partial charge < -0.3 is 10.3 Å². The first-order valence-corrected chi connectivity index (χ1v) is 8.12. The summed E-state index contributed by atoms with van der Waals surface area (Å²) >= 11 is 0. The summed E-state index contributed by atoms with van der Waals surface area (Å²) in [5.41, 5.74) is 6.44. The monoisotopic (exact) mass is 314 g/mol. The van der Waals surface area contributed by atoms with Crippen LogP contribution in [0.25, 0.3) is 10.9 Å². The number of aromatic amines is 1. The van der Waals surface area contributed by atoms with Gasteiger partial charge in [-0.25, -0.2) is 9.82 Å². The van der Waals surface area contributed by atoms with Crippen LogP contribution < -0.4 is 10.7 Å². The highest BCUT2D eigenvalue weighted by Gasteiger charge is 2.29. The molecule has 2 aliphatic rings. The molecule has 2 aromatic rings. The van der Waals surface area contributed by atoms with Crippen LogP contribution in [0, 0.1) is 5.82 Å². The molecule has 6 heteroatoms. The van der Waals surface area contributed by atoms with Gasteiger partial charge in [0.15, 0.2) is 0 Å². The number of benzene rings is 1. The van der Waals surface area contributed by atoms with E-state index in [1.807, 2.05) is 0 Å². The molecule has 0 fully saturated rings. The molecular formula is C17H19FN4O. The fourth-order valence-corrected chi connectivity index (χ4v) is 3.70. The Morgan fingerprint density at radius 1 is 1.39 bits per heavy atom. The number of halogens is 1. The second-order valence-corrected chi connectivity index (χ2v) is 6.21. The molecule has 3 heterocycles. The van der Waals surface area contributed by atoms with Gasteiger partial charge in [-0.05, 0) is 43.9 Å². The zero-order valence-electron chi connectivity index (χ0n) is 13.0. The predicted molar refractivity (Wildman–Crippen MR) is 87.4 cm³/mol. The number of hydrogen-bond donors (Lipinski definition) is 3. The number of carbonyl (C=O) groups excluding carboxylic acids is 1. The normalized spacial score (nSPS) is 21.0. The molecule has 0 radical (unpaired) electrons. The minimum absolute atomic E-state index is 0.352. The third-order valence-corrected chi connectivity index (χ3v) is 4.82. The molecule has 0 bridgehead atoms. The Morgan fingerprint density at radius 2 is 2.26 bits per heavy atom. The molecule has 0 saturated carbocycles. The zero-order chi connectivity index (χ0) is 16.0. The van der Waals surface area contributed by atoms with E-state index in [9.17, 15) is 9.18 Å². The maximum atomic E-state index is 13.9. The highest BCUT2D eigenvalue weighted by Crippen LogP contribution is 2.36. The number of rotatable bonds is 1. The number of H-pyrrole nitrogens is 1. The van der Waals surface area contributed by atoms with Gasteiger partial charge in [0.1, 0.15) is 5.82 Å². The maximum Gasteiger partial charge on any atom is 0.272 e. The number of nitrogens with zero attached hydrogens (tertiary/aromatic N) is 1. The van der Waals surface area contributed by atoms with Crippen LogP contribution in [0.15, 0.2) is 17.2 Å². The molecule has 3 N–H and O–H groups in total. The van der Waals surface area contributed by atoms with E-state index >= 15 is 0 Å². The van der Waals surface area contributed by atoms with E-state index in [0.717, 1.165) is 48.2 Å². The average Bonchev–Trinajstić information content (AvgIpc) is 2.87. The first-order valence-electron chi connectivity index (χ1n) is 8.12. The highest BCUT2D eigenvalue weighted by molar-refractivity contribution is 6.21. The largest absolute Gasteiger partial charge is 0.357 e. The van der Waals surface area contributed by atoms with Gasteiger partial charge in [-0.15, -0.1) is 0 Å². The SMILES string of the molecule is CC[C@@H]1CCCNCC2=NNC(=O)c3cc(F)cc4[nH]c1c2c34. The van der Waals surface area contributed by atoms with Crippen LogP contribution in [0.4, 0.5) is 4.39 Å². The van der Waals surface area contributed by atoms with Crippen LogP contribution in [0.3, 0.4) is 0 Å². The van der Waals surface area contributed by atoms with Gasteiger partial charge in [0.25, 0.3) is 5.91 Å². The topological polar surface area (TPSA) is 69.3 Å². The Morgan fingerprint density at radius 3 is 3.09 bits per heavy atom. The lowest BCUT2D eigenvalue weighted by atomic mass is 9.91. The molecule has 23 heavy (non-hydrogen) atoms. The van der Waals surface area contributed by atoms with Crippen LogP contribution in [0.5, 0.6) is 0 Å². The lowest BCUT2D eigenvalue weighted by Gasteiger charge is -2.14. The average molecular weight is 314 g/mol. The van der Waals surface area contributed by atoms with Crippen molar-refractivity contribution in [3.63, 3.8) is 0 Å². The summed E-state index contributed by atoms with van der Waals surface area (Å²) in [7, 11) is 0. The van der Waals surface area contributed by atoms with Crippen molar-refractivity contribution in [3.8, 4) is 0 Å². The molecule has 2 aliphatic heterocycles. The molecule has 0 saturated heterocycles. The van der Waals surface area contributed by atoms with E-state index in [4.69, 9.17) is 0 Å². The Kier molecular flexibility index (Phi) is 3.41. The molecule has 1 amide bonds. The van der Waals surface area contributed by atoms with Crippen LogP contribution in [0.1, 0.15) is 53.7 Å². The predicted octanol–water partition coefficient (Wildman–Crippen LogP) is 2.63. The van der Waals surface area contributed by atoms with Crippen molar-refractivity contribution in [3.05, 3.63) is 34.8 Å². The maximum absolute atomic E-state index is 13.9. The van der Waals surface area contributed by atoms with Crippen molar-refractivity contribution >= 4 is 22.5 Å². The lowest BCUT2D eigenvalue weighted by molar-refractivity contribution is 0.0956. The van der Waals surface area contributed by atoms with E-state index in [-0.39, 0.29) is 5.91 Å². The van der Waals surface area contributed by atoms with Crippen molar-refractivity contribution in [1.29, 1.82) is 0 Å². The van der Waals surface area contributed by atoms with Gasteiger partial charge in [0.2, 0.25) is 0 Å². The Hall–Kier alpha value is -2.21. The summed E-state index contributed by atoms with van der Waals surface area (Å²) in [5.74, 6) is -0.420. The summed E-state index contributed by atoms with van der Waals surface area (Å²) in [5, 5.41) is 8.47. The number of amides is 1. The Bertz CT molecular complexity index is 824. The van der Waals surface area contributed by atoms with Crippen LogP contribution >= 0.6 is 0 Å². The van der Waals surface area contributed by atoms with E-state index in [2.05, 4.69) is 27.8 Å². The fraction of sp³-hybridized carbons (Fsp3) is 0.412. The number of nitrogens with one attached hydrogen (secondary N) is 3. The van der Waals surface area contributed by atoms with Crippen LogP contribution in [-0.2, 0) is 0 Å². The third-order valence-electron chi connectivity index (χ3n) is 4.82. The van der Waals surface area contributed by atoms with Crippen molar-refractivity contribution < 1.29 is 9.18 Å². The molecule has 4 rings (SSSR count). The molecular weight excluding hydrogens is 295 g/mol. The summed E-state index contributed by atoms with van der Waals surface area (Å²) in [4.78, 5) is 15.7. The summed E-state index contributed by atoms with van der Waals surface area (Å²) < 4.78 is 13.9. The quantitative estimate of drug-likeness (QED) is 0.757. The van der Waals surface area contributed by atoms with E-state index < -0.39 is 5.82 Å². The van der Waals surface area contributed by atoms with E-state index in [0.29, 0.717) is 23.5 Å². The number of hydrogen-bond acceptors (Lipinski definition) is 3. The minimum atomic E-state index is -0.413. The first kappa shape index (κ1) is 14.4. The first-order chi connectivity index (χ1) is 11.2. The van der Waals surface area contributed by atoms with Gasteiger partial charge in [-0.3, -0.25) is 4.79 Å². The van der Waals surface area contributed by atoms with Crippen molar-refractivity contribution in [1.82, 2.24) is 15.7 Å². The molecule has 1 atom stereocenters. The van der Waals surface area contributed by atoms with Crippen molar-refractivity contribution in [2.24, 2.45) is 5.10 Å². The van der Waals surface area contributed by atoms with Gasteiger partial charge in [0.05, 0.1) is 16.8 Å². The number of carbonyl (C=O) groups is 1. The molecule has 5 nitrogen and oxygen atoms in total. The molecule has 1 aromatic carbocycles. The van der Waals surface area contributed by atoms with Gasteiger partial charge in [0, 0.05) is 23.2 Å². The molecule has 1 aromatic heterocycles. The summed E-state index contributed by atoms with van der Waals surface area (Å²) in [6.45, 7) is 3.67. The van der Waals surface area contributed by atoms with E-state index in [1.54, 1.807) is 0 Å². The van der Waals surface area contributed by atoms with Crippen molar-refractivity contribution in [2.75, 3.05) is 13.1 Å². The number of hydrazone groups is 1. The molecule has 0 aliphatic carbocycles. The van der Waals surface area contributed by atoms with E-state index in [1.165, 1.54) is 12.1 Å². The second-order valence-electron chi connectivity index (χ2n) is 6.21. The van der Waals surface area contributed by atoms with Gasteiger partial charge >= 0.3 is 0 Å². The molecule has 0 spiro atoms. The molecule has 120 valence electrons. The smallest absolute Gasteiger partial charge is 0.272 e. The van der Waals surface area contributed by atoms with Gasteiger partial charge in [-0.1, -0.05) is 6.92 Å². The van der Waals surface area contributed by atoms with Crippen molar-refractivity contribution in [2.45, 2.75) is 32.1 Å². The minimum Gasteiger partial charge on any atom is -0.357 e. The Balaban J connectivity index is 2.07. The summed E-state index contributed by atoms with van der Waals surface area (Å²) in [6.07, 6.45) is 3.12. The summed E-state index contributed by atoms with van der Waals surface area (Å²) in [6, 6.07) is 2.76. The Labute approximate surface area is 133 Å².